The molecule has 2 aromatic carbocycles. The molecule has 1 atom stereocenters. The van der Waals surface area contributed by atoms with Gasteiger partial charge in [0.2, 0.25) is 0 Å². The molecule has 1 N–H and O–H groups in total. The van der Waals surface area contributed by atoms with Gasteiger partial charge in [0.25, 0.3) is 5.89 Å². The predicted octanol–water partition coefficient (Wildman–Crippen LogP) is 4.45. The second kappa shape index (κ2) is 7.24. The van der Waals surface area contributed by atoms with Crippen LogP contribution in [-0.4, -0.2) is 39.7 Å². The SMILES string of the molecule is CN1CCCC1Cc1c[nH]c2ccc(-c3nc(Cc4ccccc4)no3)cc12. The number of nitrogens with one attached hydrogen (secondary N) is 1. The summed E-state index contributed by atoms with van der Waals surface area (Å²) in [6, 6.07) is 17.2. The third-order valence-corrected chi connectivity index (χ3v) is 5.81. The van der Waals surface area contributed by atoms with Gasteiger partial charge in [-0.1, -0.05) is 35.5 Å². The van der Waals surface area contributed by atoms with Crippen molar-refractivity contribution in [1.29, 1.82) is 0 Å². The molecule has 0 radical (unpaired) electrons. The highest BCUT2D eigenvalue weighted by molar-refractivity contribution is 5.87. The second-order valence-corrected chi connectivity index (χ2v) is 7.73. The number of hydrogen-bond donors (Lipinski definition) is 1. The number of likely N-dealkylation sites (tertiary alicyclic amines) is 1. The summed E-state index contributed by atoms with van der Waals surface area (Å²) in [5, 5.41) is 5.42. The molecule has 4 aromatic rings. The summed E-state index contributed by atoms with van der Waals surface area (Å²) in [4.78, 5) is 10.5. The molecule has 5 nitrogen and oxygen atoms in total. The zero-order chi connectivity index (χ0) is 18.9. The smallest absolute Gasteiger partial charge is 0.257 e. The summed E-state index contributed by atoms with van der Waals surface area (Å²) in [5.74, 6) is 1.29. The van der Waals surface area contributed by atoms with Crippen molar-refractivity contribution in [3.8, 4) is 11.5 Å². The summed E-state index contributed by atoms with van der Waals surface area (Å²) < 4.78 is 5.56. The van der Waals surface area contributed by atoms with Gasteiger partial charge in [-0.2, -0.15) is 4.98 Å². The molecule has 3 heterocycles. The van der Waals surface area contributed by atoms with Crippen LogP contribution in [0.15, 0.2) is 59.3 Å². The topological polar surface area (TPSA) is 58.0 Å². The molecule has 1 fully saturated rings. The van der Waals surface area contributed by atoms with Crippen molar-refractivity contribution in [1.82, 2.24) is 20.0 Å². The third kappa shape index (κ3) is 3.34. The number of likely N-dealkylation sites (N-methyl/N-ethyl adjacent to an activating group) is 1. The van der Waals surface area contributed by atoms with E-state index in [1.807, 2.05) is 24.3 Å². The standard InChI is InChI=1S/C23H24N4O/c1-27-11-5-8-19(27)13-18-15-24-21-10-9-17(14-20(18)21)23-25-22(26-28-23)12-16-6-3-2-4-7-16/h2-4,6-7,9-10,14-15,19,24H,5,8,11-13H2,1H3. The van der Waals surface area contributed by atoms with Crippen LogP contribution in [0.1, 0.15) is 29.8 Å². The summed E-state index contributed by atoms with van der Waals surface area (Å²) in [5.41, 5.74) is 4.67. The molecule has 1 unspecified atom stereocenters. The summed E-state index contributed by atoms with van der Waals surface area (Å²) in [6.45, 7) is 1.20. The molecule has 1 aliphatic heterocycles. The van der Waals surface area contributed by atoms with E-state index in [4.69, 9.17) is 4.52 Å². The summed E-state index contributed by atoms with van der Waals surface area (Å²) in [6.07, 6.45) is 6.46. The van der Waals surface area contributed by atoms with E-state index in [1.54, 1.807) is 0 Å². The summed E-state index contributed by atoms with van der Waals surface area (Å²) in [7, 11) is 2.23. The van der Waals surface area contributed by atoms with Crippen LogP contribution in [0.25, 0.3) is 22.4 Å². The molecule has 5 heteroatoms. The molecule has 0 spiro atoms. The average Bonchev–Trinajstić information content (AvgIpc) is 3.44. The fraction of sp³-hybridized carbons (Fsp3) is 0.304. The van der Waals surface area contributed by atoms with E-state index in [2.05, 4.69) is 57.5 Å². The maximum absolute atomic E-state index is 5.56. The van der Waals surface area contributed by atoms with E-state index in [9.17, 15) is 0 Å². The predicted molar refractivity (Wildman–Crippen MR) is 110 cm³/mol. The molecular formula is C23H24N4O. The summed E-state index contributed by atoms with van der Waals surface area (Å²) >= 11 is 0. The van der Waals surface area contributed by atoms with Crippen molar-refractivity contribution in [2.24, 2.45) is 0 Å². The number of nitrogens with zero attached hydrogens (tertiary/aromatic N) is 3. The van der Waals surface area contributed by atoms with E-state index in [1.165, 1.54) is 35.9 Å². The fourth-order valence-electron chi connectivity index (χ4n) is 4.19. The number of H-pyrrole nitrogens is 1. The van der Waals surface area contributed by atoms with Crippen LogP contribution in [0, 0.1) is 0 Å². The lowest BCUT2D eigenvalue weighted by molar-refractivity contribution is 0.310. The van der Waals surface area contributed by atoms with Gasteiger partial charge in [-0.05, 0) is 62.2 Å². The van der Waals surface area contributed by atoms with Crippen molar-refractivity contribution in [2.75, 3.05) is 13.6 Å². The maximum atomic E-state index is 5.56. The monoisotopic (exact) mass is 372 g/mol. The highest BCUT2D eigenvalue weighted by Gasteiger charge is 2.22. The van der Waals surface area contributed by atoms with Crippen molar-refractivity contribution in [3.05, 3.63) is 71.7 Å². The maximum Gasteiger partial charge on any atom is 0.257 e. The van der Waals surface area contributed by atoms with E-state index in [0.29, 0.717) is 24.2 Å². The Kier molecular flexibility index (Phi) is 4.45. The van der Waals surface area contributed by atoms with Gasteiger partial charge < -0.3 is 14.4 Å². The molecule has 0 aliphatic carbocycles. The zero-order valence-electron chi connectivity index (χ0n) is 16.1. The van der Waals surface area contributed by atoms with E-state index < -0.39 is 0 Å². The van der Waals surface area contributed by atoms with Crippen molar-refractivity contribution < 1.29 is 4.52 Å². The first-order valence-electron chi connectivity index (χ1n) is 9.93. The first-order chi connectivity index (χ1) is 13.8. The largest absolute Gasteiger partial charge is 0.361 e. The van der Waals surface area contributed by atoms with E-state index >= 15 is 0 Å². The molecule has 5 rings (SSSR count). The molecule has 1 aliphatic rings. The van der Waals surface area contributed by atoms with E-state index in [-0.39, 0.29) is 0 Å². The lowest BCUT2D eigenvalue weighted by atomic mass is 10.0. The van der Waals surface area contributed by atoms with Gasteiger partial charge >= 0.3 is 0 Å². The van der Waals surface area contributed by atoms with Gasteiger partial charge in [-0.15, -0.1) is 0 Å². The lowest BCUT2D eigenvalue weighted by Crippen LogP contribution is -2.26. The van der Waals surface area contributed by atoms with Gasteiger partial charge in [0, 0.05) is 35.1 Å². The molecule has 1 saturated heterocycles. The third-order valence-electron chi connectivity index (χ3n) is 5.81. The van der Waals surface area contributed by atoms with Crippen molar-refractivity contribution in [3.63, 3.8) is 0 Å². The Morgan fingerprint density at radius 3 is 2.89 bits per heavy atom. The Balaban J connectivity index is 1.41. The first kappa shape index (κ1) is 17.2. The average molecular weight is 372 g/mol. The number of fused-ring (bicyclic) bond motifs is 1. The fourth-order valence-corrected chi connectivity index (χ4v) is 4.19. The Morgan fingerprint density at radius 1 is 1.18 bits per heavy atom. The van der Waals surface area contributed by atoms with Crippen LogP contribution in [0.3, 0.4) is 0 Å². The highest BCUT2D eigenvalue weighted by atomic mass is 16.5. The van der Waals surface area contributed by atoms with E-state index in [0.717, 1.165) is 17.5 Å². The van der Waals surface area contributed by atoms with Gasteiger partial charge in [0.1, 0.15) is 0 Å². The normalized spacial score (nSPS) is 17.5. The van der Waals surface area contributed by atoms with Crippen LogP contribution >= 0.6 is 0 Å². The first-order valence-corrected chi connectivity index (χ1v) is 9.93. The van der Waals surface area contributed by atoms with Crippen LogP contribution in [0.5, 0.6) is 0 Å². The van der Waals surface area contributed by atoms with Crippen molar-refractivity contribution in [2.45, 2.75) is 31.7 Å². The second-order valence-electron chi connectivity index (χ2n) is 7.73. The van der Waals surface area contributed by atoms with Gasteiger partial charge in [-0.25, -0.2) is 0 Å². The molecule has 0 saturated carbocycles. The Bertz CT molecular complexity index is 1080. The van der Waals surface area contributed by atoms with Gasteiger partial charge in [0.15, 0.2) is 5.82 Å². The minimum atomic E-state index is 0.581. The number of aromatic amines is 1. The molecule has 28 heavy (non-hydrogen) atoms. The molecule has 2 aromatic heterocycles. The molecular weight excluding hydrogens is 348 g/mol. The van der Waals surface area contributed by atoms with Crippen LogP contribution < -0.4 is 0 Å². The van der Waals surface area contributed by atoms with Gasteiger partial charge in [0.05, 0.1) is 0 Å². The molecule has 142 valence electrons. The number of aromatic nitrogens is 3. The number of benzene rings is 2. The van der Waals surface area contributed by atoms with Crippen LogP contribution in [0.4, 0.5) is 0 Å². The minimum Gasteiger partial charge on any atom is -0.361 e. The zero-order valence-corrected chi connectivity index (χ0v) is 16.1. The quantitative estimate of drug-likeness (QED) is 0.562. The van der Waals surface area contributed by atoms with Crippen LogP contribution in [-0.2, 0) is 12.8 Å². The van der Waals surface area contributed by atoms with Gasteiger partial charge in [-0.3, -0.25) is 0 Å². The molecule has 0 bridgehead atoms. The number of rotatable bonds is 5. The van der Waals surface area contributed by atoms with Crippen LogP contribution in [0.2, 0.25) is 0 Å². The minimum absolute atomic E-state index is 0.581. The molecule has 0 amide bonds. The van der Waals surface area contributed by atoms with Crippen molar-refractivity contribution >= 4 is 10.9 Å². The Hall–Kier alpha value is -2.92. The lowest BCUT2D eigenvalue weighted by Gasteiger charge is -2.18. The number of hydrogen-bond acceptors (Lipinski definition) is 4. The Morgan fingerprint density at radius 2 is 2.07 bits per heavy atom. The highest BCUT2D eigenvalue weighted by Crippen LogP contribution is 2.28. The Labute approximate surface area is 164 Å².